The highest BCUT2D eigenvalue weighted by Crippen LogP contribution is 2.10. The maximum Gasteiger partial charge on any atom is 0.252 e. The Hall–Kier alpha value is -2.44. The van der Waals surface area contributed by atoms with Crippen LogP contribution >= 0.6 is 0 Å². The van der Waals surface area contributed by atoms with Crippen molar-refractivity contribution >= 4 is 11.7 Å². The van der Waals surface area contributed by atoms with Crippen LogP contribution in [0.5, 0.6) is 0 Å². The number of rotatable bonds is 5. The number of aromatic nitrogens is 3. The molecule has 0 aliphatic heterocycles. The van der Waals surface area contributed by atoms with Crippen molar-refractivity contribution in [3.05, 3.63) is 36.1 Å². The standard InChI is InChI=1S/C10H11N5O2/c11-9(16)7-2-1-4-12-10(7)13-5-3-8-14-6-17-15-8/h1-2,4,6H,3,5H2,(H2,11,16)(H,12,13). The average molecular weight is 233 g/mol. The van der Waals surface area contributed by atoms with Gasteiger partial charge in [-0.25, -0.2) is 4.98 Å². The Labute approximate surface area is 97.0 Å². The van der Waals surface area contributed by atoms with Crippen LogP contribution in [0.2, 0.25) is 0 Å². The maximum absolute atomic E-state index is 11.1. The van der Waals surface area contributed by atoms with Gasteiger partial charge < -0.3 is 15.6 Å². The van der Waals surface area contributed by atoms with E-state index in [-0.39, 0.29) is 0 Å². The largest absolute Gasteiger partial charge is 0.369 e. The summed E-state index contributed by atoms with van der Waals surface area (Å²) in [6, 6.07) is 3.27. The normalized spacial score (nSPS) is 10.1. The molecule has 3 N–H and O–H groups in total. The second-order valence-corrected chi connectivity index (χ2v) is 3.29. The quantitative estimate of drug-likeness (QED) is 0.764. The second-order valence-electron chi connectivity index (χ2n) is 3.29. The molecule has 0 aliphatic rings. The first kappa shape index (κ1) is 11.1. The van der Waals surface area contributed by atoms with Crippen LogP contribution in [0.3, 0.4) is 0 Å². The van der Waals surface area contributed by atoms with Crippen molar-refractivity contribution in [3.63, 3.8) is 0 Å². The van der Waals surface area contributed by atoms with Gasteiger partial charge in [-0.2, -0.15) is 4.98 Å². The highest BCUT2D eigenvalue weighted by molar-refractivity contribution is 5.97. The number of amides is 1. The van der Waals surface area contributed by atoms with E-state index in [0.717, 1.165) is 0 Å². The van der Waals surface area contributed by atoms with Gasteiger partial charge in [0, 0.05) is 19.2 Å². The zero-order chi connectivity index (χ0) is 12.1. The van der Waals surface area contributed by atoms with Crippen LogP contribution in [0.1, 0.15) is 16.2 Å². The Balaban J connectivity index is 1.97. The van der Waals surface area contributed by atoms with Crippen LogP contribution in [0.25, 0.3) is 0 Å². The molecule has 0 saturated heterocycles. The fourth-order valence-corrected chi connectivity index (χ4v) is 1.34. The van der Waals surface area contributed by atoms with Crippen LogP contribution in [0.15, 0.2) is 29.2 Å². The van der Waals surface area contributed by atoms with E-state index in [2.05, 4.69) is 25.0 Å². The van der Waals surface area contributed by atoms with E-state index in [1.807, 2.05) is 0 Å². The molecule has 1 amide bonds. The topological polar surface area (TPSA) is 107 Å². The summed E-state index contributed by atoms with van der Waals surface area (Å²) in [4.78, 5) is 19.0. The maximum atomic E-state index is 11.1. The Morgan fingerprint density at radius 2 is 2.35 bits per heavy atom. The summed E-state index contributed by atoms with van der Waals surface area (Å²) >= 11 is 0. The van der Waals surface area contributed by atoms with Crippen molar-refractivity contribution in [1.82, 2.24) is 15.1 Å². The van der Waals surface area contributed by atoms with Crippen LogP contribution in [0.4, 0.5) is 5.82 Å². The molecule has 0 unspecified atom stereocenters. The SMILES string of the molecule is NC(=O)c1cccnc1NCCc1ncon1. The van der Waals surface area contributed by atoms with Crippen molar-refractivity contribution in [2.24, 2.45) is 5.73 Å². The summed E-state index contributed by atoms with van der Waals surface area (Å²) < 4.78 is 4.60. The minimum absolute atomic E-state index is 0.362. The van der Waals surface area contributed by atoms with Gasteiger partial charge in [-0.3, -0.25) is 4.79 Å². The minimum Gasteiger partial charge on any atom is -0.369 e. The summed E-state index contributed by atoms with van der Waals surface area (Å²) in [5.41, 5.74) is 5.58. The molecule has 2 aromatic rings. The lowest BCUT2D eigenvalue weighted by Gasteiger charge is -2.06. The van der Waals surface area contributed by atoms with E-state index in [9.17, 15) is 4.79 Å². The first-order chi connectivity index (χ1) is 8.27. The van der Waals surface area contributed by atoms with Crippen LogP contribution in [0, 0.1) is 0 Å². The van der Waals surface area contributed by atoms with Gasteiger partial charge in [0.15, 0.2) is 5.82 Å². The molecule has 0 spiro atoms. The molecule has 2 aromatic heterocycles. The molecule has 0 saturated carbocycles. The van der Waals surface area contributed by atoms with Crippen LogP contribution in [-0.2, 0) is 6.42 Å². The molecular weight excluding hydrogens is 222 g/mol. The van der Waals surface area contributed by atoms with Gasteiger partial charge in [-0.15, -0.1) is 0 Å². The second kappa shape index (κ2) is 5.06. The number of hydrogen-bond acceptors (Lipinski definition) is 6. The predicted octanol–water partition coefficient (Wildman–Crippen LogP) is 0.218. The Kier molecular flexibility index (Phi) is 3.29. The number of nitrogens with one attached hydrogen (secondary N) is 1. The Morgan fingerprint density at radius 3 is 3.06 bits per heavy atom. The number of nitrogens with two attached hydrogens (primary N) is 1. The van der Waals surface area contributed by atoms with Crippen molar-refractivity contribution in [1.29, 1.82) is 0 Å². The van der Waals surface area contributed by atoms with Gasteiger partial charge in [-0.1, -0.05) is 5.16 Å². The molecule has 0 bridgehead atoms. The predicted molar refractivity (Wildman–Crippen MR) is 59.2 cm³/mol. The minimum atomic E-state index is -0.514. The number of carbonyl (C=O) groups excluding carboxylic acids is 1. The molecule has 2 rings (SSSR count). The molecule has 88 valence electrons. The van der Waals surface area contributed by atoms with E-state index in [0.29, 0.717) is 30.2 Å². The zero-order valence-corrected chi connectivity index (χ0v) is 8.96. The van der Waals surface area contributed by atoms with Crippen molar-refractivity contribution < 1.29 is 9.32 Å². The van der Waals surface area contributed by atoms with Crippen molar-refractivity contribution in [2.75, 3.05) is 11.9 Å². The number of hydrogen-bond donors (Lipinski definition) is 2. The van der Waals surface area contributed by atoms with Gasteiger partial charge in [0.05, 0.1) is 5.56 Å². The number of primary amides is 1. The Bertz CT molecular complexity index is 497. The monoisotopic (exact) mass is 233 g/mol. The molecule has 0 aliphatic carbocycles. The lowest BCUT2D eigenvalue weighted by atomic mass is 10.2. The van der Waals surface area contributed by atoms with Gasteiger partial charge in [0.2, 0.25) is 6.39 Å². The molecule has 7 nitrogen and oxygen atoms in total. The third-order valence-electron chi connectivity index (χ3n) is 2.12. The van der Waals surface area contributed by atoms with E-state index < -0.39 is 5.91 Å². The van der Waals surface area contributed by atoms with E-state index in [1.54, 1.807) is 18.3 Å². The summed E-state index contributed by atoms with van der Waals surface area (Å²) in [5, 5.41) is 6.67. The number of pyridine rings is 1. The van der Waals surface area contributed by atoms with Gasteiger partial charge in [0.25, 0.3) is 5.91 Å². The average Bonchev–Trinajstić information content (AvgIpc) is 2.82. The Morgan fingerprint density at radius 1 is 1.47 bits per heavy atom. The fraction of sp³-hybridized carbons (Fsp3) is 0.200. The first-order valence-electron chi connectivity index (χ1n) is 5.01. The zero-order valence-electron chi connectivity index (χ0n) is 8.96. The van der Waals surface area contributed by atoms with Gasteiger partial charge in [-0.05, 0) is 12.1 Å². The van der Waals surface area contributed by atoms with Crippen molar-refractivity contribution in [3.8, 4) is 0 Å². The summed E-state index contributed by atoms with van der Waals surface area (Å²) in [6.45, 7) is 0.539. The fourth-order valence-electron chi connectivity index (χ4n) is 1.34. The summed E-state index contributed by atoms with van der Waals surface area (Å²) in [6.07, 6.45) is 3.43. The molecular formula is C10H11N5O2. The third-order valence-corrected chi connectivity index (χ3v) is 2.12. The molecule has 17 heavy (non-hydrogen) atoms. The van der Waals surface area contributed by atoms with Crippen LogP contribution < -0.4 is 11.1 Å². The number of anilines is 1. The highest BCUT2D eigenvalue weighted by Gasteiger charge is 2.08. The molecule has 7 heteroatoms. The highest BCUT2D eigenvalue weighted by atomic mass is 16.5. The molecule has 2 heterocycles. The molecule has 0 aromatic carbocycles. The first-order valence-corrected chi connectivity index (χ1v) is 5.01. The third kappa shape index (κ3) is 2.77. The van der Waals surface area contributed by atoms with E-state index in [1.165, 1.54) is 6.39 Å². The summed E-state index contributed by atoms with van der Waals surface area (Å²) in [5.74, 6) is 0.540. The number of carbonyl (C=O) groups is 1. The van der Waals surface area contributed by atoms with Crippen molar-refractivity contribution in [2.45, 2.75) is 6.42 Å². The summed E-state index contributed by atoms with van der Waals surface area (Å²) in [7, 11) is 0. The van der Waals surface area contributed by atoms with Crippen LogP contribution in [-0.4, -0.2) is 27.6 Å². The smallest absolute Gasteiger partial charge is 0.252 e. The lowest BCUT2D eigenvalue weighted by molar-refractivity contribution is 0.100. The molecule has 0 radical (unpaired) electrons. The van der Waals surface area contributed by atoms with Gasteiger partial charge >= 0.3 is 0 Å². The molecule has 0 fully saturated rings. The van der Waals surface area contributed by atoms with E-state index in [4.69, 9.17) is 5.73 Å². The number of nitrogens with zero attached hydrogens (tertiary/aromatic N) is 3. The van der Waals surface area contributed by atoms with Gasteiger partial charge in [0.1, 0.15) is 5.82 Å². The molecule has 0 atom stereocenters. The lowest BCUT2D eigenvalue weighted by Crippen LogP contribution is -2.16. The van der Waals surface area contributed by atoms with E-state index >= 15 is 0 Å².